The van der Waals surface area contributed by atoms with Crippen molar-refractivity contribution in [3.05, 3.63) is 34.4 Å². The van der Waals surface area contributed by atoms with Gasteiger partial charge in [0.25, 0.3) is 0 Å². The van der Waals surface area contributed by atoms with E-state index in [1.54, 1.807) is 6.07 Å². The Hall–Kier alpha value is -1.84. The highest BCUT2D eigenvalue weighted by Gasteiger charge is 2.28. The number of aromatic carboxylic acids is 2. The summed E-state index contributed by atoms with van der Waals surface area (Å²) in [6.07, 6.45) is 5.99. The Bertz CT molecular complexity index is 528. The molecule has 1 aliphatic carbocycles. The predicted octanol–water partition coefficient (Wildman–Crippen LogP) is 3.69. The van der Waals surface area contributed by atoms with Crippen LogP contribution in [0.2, 0.25) is 0 Å². The zero-order chi connectivity index (χ0) is 14.7. The summed E-state index contributed by atoms with van der Waals surface area (Å²) in [6, 6.07) is 3.21. The highest BCUT2D eigenvalue weighted by Crippen LogP contribution is 2.37. The molecule has 108 valence electrons. The second-order valence-corrected chi connectivity index (χ2v) is 5.36. The number of carbonyl (C=O) groups is 2. The minimum atomic E-state index is -1.16. The van der Waals surface area contributed by atoms with Gasteiger partial charge in [-0.25, -0.2) is 9.59 Å². The van der Waals surface area contributed by atoms with Gasteiger partial charge in [-0.2, -0.15) is 0 Å². The molecule has 2 rings (SSSR count). The van der Waals surface area contributed by atoms with Crippen molar-refractivity contribution in [3.63, 3.8) is 0 Å². The first kappa shape index (κ1) is 14.6. The zero-order valence-corrected chi connectivity index (χ0v) is 11.7. The first-order chi connectivity index (χ1) is 9.56. The normalized spacial score (nSPS) is 16.1. The molecule has 0 amide bonds. The highest BCUT2D eigenvalue weighted by molar-refractivity contribution is 6.03. The van der Waals surface area contributed by atoms with Gasteiger partial charge in [0.2, 0.25) is 0 Å². The van der Waals surface area contributed by atoms with Crippen LogP contribution in [0.1, 0.15) is 76.8 Å². The van der Waals surface area contributed by atoms with Crippen LogP contribution in [0, 0.1) is 0 Å². The van der Waals surface area contributed by atoms with E-state index >= 15 is 0 Å². The fraction of sp³-hybridized carbons (Fsp3) is 0.500. The SMILES string of the molecule is CCc1ccc(C(=O)O)c(C(=O)O)c1C1CCCCC1. The fourth-order valence-corrected chi connectivity index (χ4v) is 3.24. The van der Waals surface area contributed by atoms with E-state index in [2.05, 4.69) is 0 Å². The maximum atomic E-state index is 11.6. The molecular weight excluding hydrogens is 256 g/mol. The van der Waals surface area contributed by atoms with Gasteiger partial charge in [0.1, 0.15) is 0 Å². The van der Waals surface area contributed by atoms with Gasteiger partial charge >= 0.3 is 11.9 Å². The zero-order valence-electron chi connectivity index (χ0n) is 11.7. The largest absolute Gasteiger partial charge is 0.478 e. The van der Waals surface area contributed by atoms with E-state index in [0.29, 0.717) is 0 Å². The van der Waals surface area contributed by atoms with Crippen LogP contribution in [0.3, 0.4) is 0 Å². The Balaban J connectivity index is 2.62. The minimum absolute atomic E-state index is 0.00347. The summed E-state index contributed by atoms with van der Waals surface area (Å²) in [5, 5.41) is 18.7. The molecule has 4 heteroatoms. The lowest BCUT2D eigenvalue weighted by atomic mass is 9.78. The second-order valence-electron chi connectivity index (χ2n) is 5.36. The third kappa shape index (κ3) is 2.69. The molecule has 0 unspecified atom stereocenters. The van der Waals surface area contributed by atoms with E-state index in [9.17, 15) is 19.8 Å². The molecule has 0 bridgehead atoms. The van der Waals surface area contributed by atoms with Crippen LogP contribution in [0.15, 0.2) is 12.1 Å². The summed E-state index contributed by atoms with van der Waals surface area (Å²) < 4.78 is 0. The molecule has 2 N–H and O–H groups in total. The molecule has 1 aromatic carbocycles. The van der Waals surface area contributed by atoms with Crippen LogP contribution in [0.4, 0.5) is 0 Å². The second kappa shape index (κ2) is 6.07. The molecule has 20 heavy (non-hydrogen) atoms. The number of aryl methyl sites for hydroxylation is 1. The Morgan fingerprint density at radius 3 is 2.25 bits per heavy atom. The van der Waals surface area contributed by atoms with E-state index in [-0.39, 0.29) is 17.0 Å². The molecule has 1 aromatic rings. The number of carboxylic acid groups (broad SMARTS) is 2. The first-order valence-corrected chi connectivity index (χ1v) is 7.18. The van der Waals surface area contributed by atoms with Crippen molar-refractivity contribution in [3.8, 4) is 0 Å². The minimum Gasteiger partial charge on any atom is -0.478 e. The fourth-order valence-electron chi connectivity index (χ4n) is 3.24. The smallest absolute Gasteiger partial charge is 0.336 e. The standard InChI is InChI=1S/C16H20O4/c1-2-10-8-9-12(15(17)18)14(16(19)20)13(10)11-6-4-3-5-7-11/h8-9,11H,2-7H2,1H3,(H,17,18)(H,19,20). The number of rotatable bonds is 4. The van der Waals surface area contributed by atoms with Crippen LogP contribution >= 0.6 is 0 Å². The summed E-state index contributed by atoms with van der Waals surface area (Å²) in [4.78, 5) is 22.9. The molecule has 1 fully saturated rings. The predicted molar refractivity (Wildman–Crippen MR) is 75.6 cm³/mol. The van der Waals surface area contributed by atoms with Crippen LogP contribution in [-0.4, -0.2) is 22.2 Å². The van der Waals surface area contributed by atoms with Crippen molar-refractivity contribution in [1.82, 2.24) is 0 Å². The summed E-state index contributed by atoms with van der Waals surface area (Å²) in [7, 11) is 0. The Kier molecular flexibility index (Phi) is 4.42. The highest BCUT2D eigenvalue weighted by atomic mass is 16.4. The lowest BCUT2D eigenvalue weighted by molar-refractivity contribution is 0.0649. The Morgan fingerprint density at radius 1 is 1.10 bits per heavy atom. The van der Waals surface area contributed by atoms with Gasteiger partial charge < -0.3 is 10.2 Å². The third-order valence-corrected chi connectivity index (χ3v) is 4.17. The monoisotopic (exact) mass is 276 g/mol. The molecule has 0 heterocycles. The van der Waals surface area contributed by atoms with Gasteiger partial charge in [0, 0.05) is 0 Å². The van der Waals surface area contributed by atoms with E-state index in [1.165, 1.54) is 12.5 Å². The molecule has 0 spiro atoms. The van der Waals surface area contributed by atoms with E-state index in [0.717, 1.165) is 43.2 Å². The summed E-state index contributed by atoms with van der Waals surface area (Å²) in [5.41, 5.74) is 1.65. The van der Waals surface area contributed by atoms with Crippen molar-refractivity contribution in [2.45, 2.75) is 51.4 Å². The molecule has 1 aliphatic rings. The maximum Gasteiger partial charge on any atom is 0.336 e. The molecule has 0 atom stereocenters. The van der Waals surface area contributed by atoms with Crippen LogP contribution < -0.4 is 0 Å². The van der Waals surface area contributed by atoms with E-state index in [4.69, 9.17) is 0 Å². The number of carboxylic acids is 2. The van der Waals surface area contributed by atoms with Gasteiger partial charge in [-0.15, -0.1) is 0 Å². The quantitative estimate of drug-likeness (QED) is 0.879. The lowest BCUT2D eigenvalue weighted by Gasteiger charge is -2.26. The third-order valence-electron chi connectivity index (χ3n) is 4.17. The topological polar surface area (TPSA) is 74.6 Å². The number of hydrogen-bond acceptors (Lipinski definition) is 2. The average Bonchev–Trinajstić information content (AvgIpc) is 2.46. The van der Waals surface area contributed by atoms with E-state index in [1.807, 2.05) is 6.92 Å². The van der Waals surface area contributed by atoms with E-state index < -0.39 is 11.9 Å². The van der Waals surface area contributed by atoms with Crippen molar-refractivity contribution in [2.24, 2.45) is 0 Å². The molecular formula is C16H20O4. The van der Waals surface area contributed by atoms with Crippen LogP contribution in [0.5, 0.6) is 0 Å². The van der Waals surface area contributed by atoms with Crippen molar-refractivity contribution in [2.75, 3.05) is 0 Å². The first-order valence-electron chi connectivity index (χ1n) is 7.18. The van der Waals surface area contributed by atoms with Crippen molar-refractivity contribution >= 4 is 11.9 Å². The van der Waals surface area contributed by atoms with Gasteiger partial charge in [-0.1, -0.05) is 32.3 Å². The molecule has 0 saturated heterocycles. The van der Waals surface area contributed by atoms with Crippen LogP contribution in [-0.2, 0) is 6.42 Å². The molecule has 0 radical (unpaired) electrons. The van der Waals surface area contributed by atoms with Gasteiger partial charge in [-0.3, -0.25) is 0 Å². The summed E-state index contributed by atoms with van der Waals surface area (Å²) >= 11 is 0. The maximum absolute atomic E-state index is 11.6. The molecule has 0 aliphatic heterocycles. The Labute approximate surface area is 118 Å². The average molecular weight is 276 g/mol. The van der Waals surface area contributed by atoms with Gasteiger partial charge in [0.15, 0.2) is 0 Å². The molecule has 0 aromatic heterocycles. The van der Waals surface area contributed by atoms with Crippen molar-refractivity contribution < 1.29 is 19.8 Å². The molecule has 1 saturated carbocycles. The summed E-state index contributed by atoms with van der Waals surface area (Å²) in [6.45, 7) is 1.98. The van der Waals surface area contributed by atoms with Gasteiger partial charge in [-0.05, 0) is 42.4 Å². The lowest BCUT2D eigenvalue weighted by Crippen LogP contribution is -2.17. The summed E-state index contributed by atoms with van der Waals surface area (Å²) in [5.74, 6) is -2.11. The number of hydrogen-bond donors (Lipinski definition) is 2. The van der Waals surface area contributed by atoms with Gasteiger partial charge in [0.05, 0.1) is 11.1 Å². The van der Waals surface area contributed by atoms with Crippen LogP contribution in [0.25, 0.3) is 0 Å². The number of benzene rings is 1. The Morgan fingerprint density at radius 2 is 1.75 bits per heavy atom. The van der Waals surface area contributed by atoms with Crippen molar-refractivity contribution in [1.29, 1.82) is 0 Å². The molecule has 4 nitrogen and oxygen atoms in total.